The normalized spacial score (nSPS) is 14.8. The van der Waals surface area contributed by atoms with Crippen molar-refractivity contribution in [2.75, 3.05) is 20.2 Å². The van der Waals surface area contributed by atoms with E-state index < -0.39 is 10.8 Å². The first kappa shape index (κ1) is 21.5. The summed E-state index contributed by atoms with van der Waals surface area (Å²) in [5, 5.41) is 13.5. The highest BCUT2D eigenvalue weighted by Crippen LogP contribution is 2.32. The summed E-state index contributed by atoms with van der Waals surface area (Å²) in [6.07, 6.45) is 1.74. The van der Waals surface area contributed by atoms with E-state index in [0.29, 0.717) is 15.0 Å². The number of carbonyl (C=O) groups is 2. The van der Waals surface area contributed by atoms with E-state index >= 15 is 0 Å². The van der Waals surface area contributed by atoms with Gasteiger partial charge in [0.2, 0.25) is 0 Å². The Morgan fingerprint density at radius 2 is 2.07 bits per heavy atom. The predicted octanol–water partition coefficient (Wildman–Crippen LogP) is 3.23. The molecule has 0 radical (unpaired) electrons. The van der Waals surface area contributed by atoms with Crippen LogP contribution in [-0.4, -0.2) is 46.2 Å². The van der Waals surface area contributed by atoms with Crippen LogP contribution in [0.1, 0.15) is 15.9 Å². The Labute approximate surface area is 182 Å². The van der Waals surface area contributed by atoms with Crippen LogP contribution in [0.2, 0.25) is 0 Å². The third-order valence-electron chi connectivity index (χ3n) is 4.21. The topological polar surface area (TPSA) is 102 Å². The Hall–Kier alpha value is -3.24. The molecular formula is C20H17N3O5S2. The lowest BCUT2D eigenvalue weighted by atomic mass is 10.2. The number of nitro benzene ring substituents is 1. The van der Waals surface area contributed by atoms with Crippen LogP contribution < -0.4 is 10.1 Å². The summed E-state index contributed by atoms with van der Waals surface area (Å²) in [5.41, 5.74) is 0.823. The maximum Gasteiger partial charge on any atom is 0.270 e. The lowest BCUT2D eigenvalue weighted by Gasteiger charge is -2.14. The van der Waals surface area contributed by atoms with Gasteiger partial charge in [0.1, 0.15) is 10.1 Å². The quantitative estimate of drug-likeness (QED) is 0.303. The molecule has 0 bridgehead atoms. The number of benzene rings is 2. The first-order chi connectivity index (χ1) is 14.4. The molecule has 1 N–H and O–H groups in total. The minimum Gasteiger partial charge on any atom is -0.497 e. The molecule has 1 aliphatic rings. The van der Waals surface area contributed by atoms with Crippen LogP contribution in [0.25, 0.3) is 6.08 Å². The van der Waals surface area contributed by atoms with E-state index in [9.17, 15) is 19.7 Å². The van der Waals surface area contributed by atoms with Gasteiger partial charge in [0.25, 0.3) is 17.5 Å². The van der Waals surface area contributed by atoms with Gasteiger partial charge in [-0.25, -0.2) is 0 Å². The van der Waals surface area contributed by atoms with E-state index in [4.69, 9.17) is 17.0 Å². The van der Waals surface area contributed by atoms with Gasteiger partial charge in [-0.05, 0) is 29.8 Å². The van der Waals surface area contributed by atoms with Crippen molar-refractivity contribution in [1.29, 1.82) is 0 Å². The van der Waals surface area contributed by atoms with Gasteiger partial charge in [-0.2, -0.15) is 0 Å². The summed E-state index contributed by atoms with van der Waals surface area (Å²) in [7, 11) is 1.57. The zero-order valence-electron chi connectivity index (χ0n) is 15.9. The van der Waals surface area contributed by atoms with E-state index in [1.807, 2.05) is 24.3 Å². The fourth-order valence-corrected chi connectivity index (χ4v) is 4.03. The molecule has 1 fully saturated rings. The SMILES string of the molecule is COc1cccc(/C=C2/SC(=S)N(CCNC(=O)c3cccc([N+](=O)[O-])c3)C2=O)c1. The molecule has 3 rings (SSSR count). The number of carbonyl (C=O) groups excluding carboxylic acids is 2. The molecule has 0 aliphatic carbocycles. The van der Waals surface area contributed by atoms with Gasteiger partial charge in [-0.15, -0.1) is 0 Å². The van der Waals surface area contributed by atoms with Gasteiger partial charge in [0, 0.05) is 30.8 Å². The average molecular weight is 444 g/mol. The number of nitrogens with one attached hydrogen (secondary N) is 1. The van der Waals surface area contributed by atoms with E-state index in [-0.39, 0.29) is 30.2 Å². The first-order valence-corrected chi connectivity index (χ1v) is 10.0. The zero-order chi connectivity index (χ0) is 21.7. The molecule has 0 aromatic heterocycles. The number of methoxy groups -OCH3 is 1. The van der Waals surface area contributed by atoms with Crippen LogP contribution >= 0.6 is 24.0 Å². The molecule has 30 heavy (non-hydrogen) atoms. The lowest BCUT2D eigenvalue weighted by molar-refractivity contribution is -0.384. The van der Waals surface area contributed by atoms with Crippen LogP contribution in [0, 0.1) is 10.1 Å². The van der Waals surface area contributed by atoms with Crippen molar-refractivity contribution in [3.8, 4) is 5.75 Å². The van der Waals surface area contributed by atoms with Gasteiger partial charge < -0.3 is 10.1 Å². The average Bonchev–Trinajstić information content (AvgIpc) is 3.01. The molecule has 154 valence electrons. The predicted molar refractivity (Wildman–Crippen MR) is 118 cm³/mol. The molecule has 0 atom stereocenters. The Balaban J connectivity index is 1.60. The highest BCUT2D eigenvalue weighted by Gasteiger charge is 2.31. The number of thioether (sulfide) groups is 1. The molecule has 0 saturated carbocycles. The maximum atomic E-state index is 12.7. The van der Waals surface area contributed by atoms with Gasteiger partial charge in [0.15, 0.2) is 0 Å². The standard InChI is InChI=1S/C20H17N3O5S2/c1-28-16-7-2-4-13(10-16)11-17-19(25)22(20(29)30-17)9-8-21-18(24)14-5-3-6-15(12-14)23(26)27/h2-7,10-12H,8-9H2,1H3,(H,21,24)/b17-11+. The molecule has 2 amide bonds. The minimum absolute atomic E-state index is 0.153. The van der Waals surface area contributed by atoms with Crippen molar-refractivity contribution in [2.24, 2.45) is 0 Å². The summed E-state index contributed by atoms with van der Waals surface area (Å²) in [6, 6.07) is 12.7. The number of non-ortho nitro benzene ring substituents is 1. The molecule has 0 spiro atoms. The smallest absolute Gasteiger partial charge is 0.270 e. The van der Waals surface area contributed by atoms with E-state index in [1.54, 1.807) is 13.2 Å². The van der Waals surface area contributed by atoms with Crippen LogP contribution in [0.5, 0.6) is 5.75 Å². The van der Waals surface area contributed by atoms with Crippen molar-refractivity contribution in [2.45, 2.75) is 0 Å². The van der Waals surface area contributed by atoms with Gasteiger partial charge >= 0.3 is 0 Å². The summed E-state index contributed by atoms with van der Waals surface area (Å²) >= 11 is 6.48. The summed E-state index contributed by atoms with van der Waals surface area (Å²) in [5.74, 6) is -0.0171. The van der Waals surface area contributed by atoms with Gasteiger partial charge in [0.05, 0.1) is 16.9 Å². The fraction of sp³-hybridized carbons (Fsp3) is 0.150. The van der Waals surface area contributed by atoms with Crippen LogP contribution in [0.15, 0.2) is 53.4 Å². The minimum atomic E-state index is -0.564. The number of thiocarbonyl (C=S) groups is 1. The highest BCUT2D eigenvalue weighted by atomic mass is 32.2. The monoisotopic (exact) mass is 443 g/mol. The number of hydrogen-bond acceptors (Lipinski definition) is 7. The van der Waals surface area contributed by atoms with Crippen molar-refractivity contribution in [1.82, 2.24) is 10.2 Å². The molecule has 8 nitrogen and oxygen atoms in total. The second kappa shape index (κ2) is 9.51. The zero-order valence-corrected chi connectivity index (χ0v) is 17.5. The van der Waals surface area contributed by atoms with Crippen LogP contribution in [0.3, 0.4) is 0 Å². The third-order valence-corrected chi connectivity index (χ3v) is 5.58. The van der Waals surface area contributed by atoms with E-state index in [1.165, 1.54) is 40.9 Å². The van der Waals surface area contributed by atoms with Crippen molar-refractivity contribution in [3.05, 3.63) is 74.7 Å². The largest absolute Gasteiger partial charge is 0.497 e. The summed E-state index contributed by atoms with van der Waals surface area (Å²) < 4.78 is 5.59. The number of amides is 2. The highest BCUT2D eigenvalue weighted by molar-refractivity contribution is 8.26. The van der Waals surface area contributed by atoms with Crippen LogP contribution in [-0.2, 0) is 4.79 Å². The van der Waals surface area contributed by atoms with E-state index in [2.05, 4.69) is 5.32 Å². The molecular weight excluding hydrogens is 426 g/mol. The van der Waals surface area contributed by atoms with Crippen molar-refractivity contribution in [3.63, 3.8) is 0 Å². The number of hydrogen-bond donors (Lipinski definition) is 1. The number of nitrogens with zero attached hydrogens (tertiary/aromatic N) is 2. The van der Waals surface area contributed by atoms with E-state index in [0.717, 1.165) is 5.56 Å². The lowest BCUT2D eigenvalue weighted by Crippen LogP contribution is -2.37. The molecule has 1 saturated heterocycles. The number of ether oxygens (including phenoxy) is 1. The second-order valence-corrected chi connectivity index (χ2v) is 7.85. The van der Waals surface area contributed by atoms with Crippen LogP contribution in [0.4, 0.5) is 5.69 Å². The molecule has 10 heteroatoms. The molecule has 2 aromatic rings. The first-order valence-electron chi connectivity index (χ1n) is 8.81. The molecule has 1 heterocycles. The summed E-state index contributed by atoms with van der Waals surface area (Å²) in [6.45, 7) is 0.348. The number of rotatable bonds is 7. The van der Waals surface area contributed by atoms with Gasteiger partial charge in [-0.3, -0.25) is 24.6 Å². The molecule has 0 unspecified atom stereocenters. The molecule has 1 aliphatic heterocycles. The Morgan fingerprint density at radius 1 is 1.30 bits per heavy atom. The third kappa shape index (κ3) is 5.02. The van der Waals surface area contributed by atoms with Crippen molar-refractivity contribution < 1.29 is 19.2 Å². The maximum absolute atomic E-state index is 12.7. The second-order valence-electron chi connectivity index (χ2n) is 6.17. The van der Waals surface area contributed by atoms with Crippen molar-refractivity contribution >= 4 is 51.9 Å². The molecule has 2 aromatic carbocycles. The van der Waals surface area contributed by atoms with Gasteiger partial charge in [-0.1, -0.05) is 42.2 Å². The Morgan fingerprint density at radius 3 is 2.80 bits per heavy atom. The Kier molecular flexibility index (Phi) is 6.80. The fourth-order valence-electron chi connectivity index (χ4n) is 2.72. The Bertz CT molecular complexity index is 1050. The number of nitro groups is 1. The summed E-state index contributed by atoms with van der Waals surface area (Å²) in [4.78, 5) is 37.1.